The molecule has 3 rings (SSSR count). The second-order valence-corrected chi connectivity index (χ2v) is 6.69. The highest BCUT2D eigenvalue weighted by atomic mass is 16.3. The Hall–Kier alpha value is -4.00. The van der Waals surface area contributed by atoms with Crippen LogP contribution in [0.5, 0.6) is 17.2 Å². The van der Waals surface area contributed by atoms with Crippen LogP contribution in [-0.4, -0.2) is 51.9 Å². The highest BCUT2D eigenvalue weighted by Gasteiger charge is 2.23. The lowest BCUT2D eigenvalue weighted by Crippen LogP contribution is -2.32. The lowest BCUT2D eigenvalue weighted by atomic mass is 10.1. The number of rotatable bonds is 7. The Morgan fingerprint density at radius 1 is 0.633 bits per heavy atom. The number of para-hydroxylation sites is 3. The average molecular weight is 404 g/mol. The van der Waals surface area contributed by atoms with Crippen molar-refractivity contribution >= 4 is 12.4 Å². The molecule has 0 spiro atoms. The van der Waals surface area contributed by atoms with E-state index in [0.717, 1.165) is 0 Å². The van der Waals surface area contributed by atoms with E-state index in [2.05, 4.69) is 10.2 Å². The second-order valence-electron chi connectivity index (χ2n) is 6.69. The molecule has 0 unspecified atom stereocenters. The van der Waals surface area contributed by atoms with E-state index >= 15 is 0 Å². The van der Waals surface area contributed by atoms with Gasteiger partial charge in [-0.25, -0.2) is 0 Å². The van der Waals surface area contributed by atoms with Crippen molar-refractivity contribution in [2.75, 3.05) is 14.1 Å². The van der Waals surface area contributed by atoms with Gasteiger partial charge in [0.25, 0.3) is 0 Å². The summed E-state index contributed by atoms with van der Waals surface area (Å²) in [4.78, 5) is 0. The summed E-state index contributed by atoms with van der Waals surface area (Å²) in [5.41, 5.74) is 1.74. The van der Waals surface area contributed by atoms with Crippen LogP contribution in [0.2, 0.25) is 0 Å². The first kappa shape index (κ1) is 20.7. The molecule has 0 saturated heterocycles. The van der Waals surface area contributed by atoms with Crippen LogP contribution in [-0.2, 0) is 0 Å². The largest absolute Gasteiger partial charge is 0.508 e. The molecule has 0 aliphatic heterocycles. The van der Waals surface area contributed by atoms with Gasteiger partial charge in [-0.2, -0.15) is 10.2 Å². The molecule has 30 heavy (non-hydrogen) atoms. The van der Waals surface area contributed by atoms with Gasteiger partial charge in [-0.3, -0.25) is 10.0 Å². The first-order valence-corrected chi connectivity index (χ1v) is 9.35. The molecule has 3 aromatic carbocycles. The van der Waals surface area contributed by atoms with Crippen molar-refractivity contribution in [3.05, 3.63) is 89.5 Å². The third kappa shape index (κ3) is 4.88. The van der Waals surface area contributed by atoms with E-state index < -0.39 is 6.17 Å². The monoisotopic (exact) mass is 404 g/mol. The van der Waals surface area contributed by atoms with Crippen LogP contribution in [0.15, 0.2) is 83.0 Å². The van der Waals surface area contributed by atoms with Gasteiger partial charge in [0.05, 0.1) is 12.4 Å². The summed E-state index contributed by atoms with van der Waals surface area (Å²) in [6.07, 6.45) is 2.54. The van der Waals surface area contributed by atoms with Crippen molar-refractivity contribution in [1.82, 2.24) is 10.0 Å². The van der Waals surface area contributed by atoms with Gasteiger partial charge in [0.1, 0.15) is 17.2 Å². The first-order chi connectivity index (χ1) is 14.5. The normalized spacial score (nSPS) is 11.4. The predicted molar refractivity (Wildman–Crippen MR) is 118 cm³/mol. The van der Waals surface area contributed by atoms with Gasteiger partial charge in [-0.05, 0) is 30.3 Å². The number of hydrazone groups is 2. The first-order valence-electron chi connectivity index (χ1n) is 9.35. The fourth-order valence-corrected chi connectivity index (χ4v) is 2.98. The maximum atomic E-state index is 10.4. The van der Waals surface area contributed by atoms with Gasteiger partial charge < -0.3 is 15.3 Å². The van der Waals surface area contributed by atoms with Gasteiger partial charge in [0.2, 0.25) is 0 Å². The van der Waals surface area contributed by atoms with Crippen molar-refractivity contribution in [1.29, 1.82) is 0 Å². The summed E-state index contributed by atoms with van der Waals surface area (Å²) in [6.45, 7) is 0. The van der Waals surface area contributed by atoms with E-state index in [1.165, 1.54) is 0 Å². The van der Waals surface area contributed by atoms with Gasteiger partial charge >= 0.3 is 0 Å². The van der Waals surface area contributed by atoms with Gasteiger partial charge in [-0.15, -0.1) is 0 Å². The van der Waals surface area contributed by atoms with Crippen LogP contribution in [0.4, 0.5) is 0 Å². The Labute approximate surface area is 175 Å². The van der Waals surface area contributed by atoms with Crippen molar-refractivity contribution in [3.63, 3.8) is 0 Å². The minimum Gasteiger partial charge on any atom is -0.508 e. The number of nitrogens with zero attached hydrogens (tertiary/aromatic N) is 4. The van der Waals surface area contributed by atoms with Crippen molar-refractivity contribution in [3.8, 4) is 17.2 Å². The molecule has 0 radical (unpaired) electrons. The number of aromatic hydroxyl groups is 3. The van der Waals surface area contributed by atoms with E-state index in [4.69, 9.17) is 0 Å². The molecule has 0 atom stereocenters. The number of benzene rings is 3. The summed E-state index contributed by atoms with van der Waals surface area (Å²) in [7, 11) is 3.50. The zero-order valence-corrected chi connectivity index (χ0v) is 16.8. The molecule has 154 valence electrons. The van der Waals surface area contributed by atoms with Crippen LogP contribution in [0, 0.1) is 0 Å². The molecule has 0 bridgehead atoms. The number of phenols is 3. The zero-order valence-electron chi connectivity index (χ0n) is 16.8. The lowest BCUT2D eigenvalue weighted by molar-refractivity contribution is 0.0873. The smallest absolute Gasteiger partial charge is 0.162 e. The minimum absolute atomic E-state index is 0.108. The molecule has 0 aromatic heterocycles. The van der Waals surface area contributed by atoms with Crippen molar-refractivity contribution in [2.24, 2.45) is 10.2 Å². The Bertz CT molecular complexity index is 990. The summed E-state index contributed by atoms with van der Waals surface area (Å²) in [6, 6.07) is 20.7. The van der Waals surface area contributed by atoms with Crippen LogP contribution in [0.1, 0.15) is 22.9 Å². The van der Waals surface area contributed by atoms with Gasteiger partial charge in [-0.1, -0.05) is 42.5 Å². The quantitative estimate of drug-likeness (QED) is 0.317. The molecule has 3 N–H and O–H groups in total. The van der Waals surface area contributed by atoms with Gasteiger partial charge in [0.15, 0.2) is 6.17 Å². The lowest BCUT2D eigenvalue weighted by Gasteiger charge is -2.32. The SMILES string of the molecule is CN(/N=C\c1ccccc1O)C(c1ccccc1O)N(C)/N=C\c1ccccc1O. The average Bonchev–Trinajstić information content (AvgIpc) is 2.74. The van der Waals surface area contributed by atoms with E-state index in [1.54, 1.807) is 91.1 Å². The third-order valence-electron chi connectivity index (χ3n) is 4.55. The van der Waals surface area contributed by atoms with Crippen LogP contribution in [0.25, 0.3) is 0 Å². The topological polar surface area (TPSA) is 91.9 Å². The Kier molecular flexibility index (Phi) is 6.54. The molecule has 0 saturated carbocycles. The Morgan fingerprint density at radius 2 is 1.03 bits per heavy atom. The van der Waals surface area contributed by atoms with Crippen molar-refractivity contribution in [2.45, 2.75) is 6.17 Å². The molecule has 3 aromatic rings. The number of phenolic OH excluding ortho intramolecular Hbond substituents is 3. The van der Waals surface area contributed by atoms with Crippen LogP contribution >= 0.6 is 0 Å². The molecule has 7 nitrogen and oxygen atoms in total. The Balaban J connectivity index is 1.91. The van der Waals surface area contributed by atoms with Crippen LogP contribution in [0.3, 0.4) is 0 Å². The van der Waals surface area contributed by atoms with E-state index in [-0.39, 0.29) is 17.2 Å². The molecule has 0 heterocycles. The predicted octanol–water partition coefficient (Wildman–Crippen LogP) is 3.73. The Morgan fingerprint density at radius 3 is 1.47 bits per heavy atom. The highest BCUT2D eigenvalue weighted by Crippen LogP contribution is 2.30. The maximum Gasteiger partial charge on any atom is 0.162 e. The molecular weight excluding hydrogens is 380 g/mol. The van der Waals surface area contributed by atoms with E-state index in [9.17, 15) is 15.3 Å². The number of hydrogen-bond donors (Lipinski definition) is 3. The molecule has 0 amide bonds. The van der Waals surface area contributed by atoms with E-state index in [1.807, 2.05) is 18.2 Å². The molecule has 0 aliphatic carbocycles. The highest BCUT2D eigenvalue weighted by molar-refractivity contribution is 5.83. The van der Waals surface area contributed by atoms with Crippen LogP contribution < -0.4 is 0 Å². The maximum absolute atomic E-state index is 10.4. The summed E-state index contributed by atoms with van der Waals surface area (Å²) in [5, 5.41) is 42.5. The second kappa shape index (κ2) is 9.47. The summed E-state index contributed by atoms with van der Waals surface area (Å²) in [5.74, 6) is 0.357. The van der Waals surface area contributed by atoms with E-state index in [0.29, 0.717) is 16.7 Å². The number of hydrogen-bond acceptors (Lipinski definition) is 7. The molecular formula is C23H24N4O3. The fourth-order valence-electron chi connectivity index (χ4n) is 2.98. The molecule has 0 fully saturated rings. The van der Waals surface area contributed by atoms with Crippen molar-refractivity contribution < 1.29 is 15.3 Å². The third-order valence-corrected chi connectivity index (χ3v) is 4.55. The zero-order chi connectivity index (χ0) is 21.5. The minimum atomic E-state index is -0.546. The molecule has 7 heteroatoms. The van der Waals surface area contributed by atoms with Gasteiger partial charge in [0, 0.05) is 30.8 Å². The summed E-state index contributed by atoms with van der Waals surface area (Å²) >= 11 is 0. The molecule has 0 aliphatic rings. The summed E-state index contributed by atoms with van der Waals surface area (Å²) < 4.78 is 0. The fraction of sp³-hybridized carbons (Fsp3) is 0.130. The standard InChI is InChI=1S/C23H24N4O3/c1-26(24-15-17-9-3-6-12-20(17)28)23(19-11-5-8-14-22(19)30)27(2)25-16-18-10-4-7-13-21(18)29/h3-16,23,28-30H,1-2H3/b24-15-,25-16-.